The first-order valence-corrected chi connectivity index (χ1v) is 4.65. The van der Waals surface area contributed by atoms with Crippen LogP contribution in [-0.4, -0.2) is 22.7 Å². The molecule has 1 aliphatic heterocycles. The second-order valence-electron chi connectivity index (χ2n) is 3.39. The van der Waals surface area contributed by atoms with Gasteiger partial charge in [-0.25, -0.2) is 0 Å². The number of hydrazine groups is 1. The molecule has 0 saturated carbocycles. The lowest BCUT2D eigenvalue weighted by Gasteiger charge is -2.19. The predicted octanol–water partition coefficient (Wildman–Crippen LogP) is 0.213. The molecule has 78 valence electrons. The summed E-state index contributed by atoms with van der Waals surface area (Å²) in [6, 6.07) is 0. The number of nitrogens with one attached hydrogen (secondary N) is 1. The van der Waals surface area contributed by atoms with Crippen LogP contribution in [0.25, 0.3) is 0 Å². The Bertz CT molecular complexity index is 294. The zero-order chi connectivity index (χ0) is 10.9. The van der Waals surface area contributed by atoms with Crippen molar-refractivity contribution in [1.82, 2.24) is 10.4 Å². The van der Waals surface area contributed by atoms with Gasteiger partial charge in [0, 0.05) is 6.92 Å². The summed E-state index contributed by atoms with van der Waals surface area (Å²) in [4.78, 5) is 34.3. The third-order valence-electron chi connectivity index (χ3n) is 2.78. The molecule has 1 heterocycles. The van der Waals surface area contributed by atoms with Crippen molar-refractivity contribution in [2.45, 2.75) is 33.6 Å². The molecule has 14 heavy (non-hydrogen) atoms. The quantitative estimate of drug-likeness (QED) is 0.645. The van der Waals surface area contributed by atoms with Gasteiger partial charge < -0.3 is 0 Å². The van der Waals surface area contributed by atoms with E-state index in [-0.39, 0.29) is 5.91 Å². The fourth-order valence-electron chi connectivity index (χ4n) is 1.67. The second kappa shape index (κ2) is 3.40. The molecule has 1 saturated heterocycles. The van der Waals surface area contributed by atoms with Gasteiger partial charge >= 0.3 is 0 Å². The number of carbonyl (C=O) groups excluding carboxylic acids is 3. The molecule has 5 heteroatoms. The molecule has 0 spiro atoms. The van der Waals surface area contributed by atoms with Crippen molar-refractivity contribution in [3.63, 3.8) is 0 Å². The number of amides is 3. The fourth-order valence-corrected chi connectivity index (χ4v) is 1.67. The van der Waals surface area contributed by atoms with Crippen LogP contribution in [0, 0.1) is 5.41 Å². The van der Waals surface area contributed by atoms with Gasteiger partial charge in [-0.05, 0) is 12.8 Å². The van der Waals surface area contributed by atoms with Gasteiger partial charge in [0.2, 0.25) is 5.91 Å². The van der Waals surface area contributed by atoms with E-state index >= 15 is 0 Å². The first kappa shape index (κ1) is 10.7. The Morgan fingerprint density at radius 2 is 1.86 bits per heavy atom. The van der Waals surface area contributed by atoms with Gasteiger partial charge in [0.15, 0.2) is 0 Å². The second-order valence-corrected chi connectivity index (χ2v) is 3.39. The van der Waals surface area contributed by atoms with Crippen LogP contribution in [0.3, 0.4) is 0 Å². The number of carbonyl (C=O) groups is 3. The highest BCUT2D eigenvalue weighted by Crippen LogP contribution is 2.33. The molecular formula is C9H14N2O3. The highest BCUT2D eigenvalue weighted by molar-refractivity contribution is 6.15. The van der Waals surface area contributed by atoms with Crippen molar-refractivity contribution in [3.05, 3.63) is 0 Å². The molecule has 0 unspecified atom stereocenters. The molecule has 0 radical (unpaired) electrons. The molecule has 1 rings (SSSR count). The van der Waals surface area contributed by atoms with Crippen LogP contribution >= 0.6 is 0 Å². The number of imide groups is 1. The van der Waals surface area contributed by atoms with Gasteiger partial charge in [0.25, 0.3) is 11.8 Å². The van der Waals surface area contributed by atoms with E-state index in [1.807, 2.05) is 0 Å². The number of hydrogen-bond donors (Lipinski definition) is 1. The molecule has 0 atom stereocenters. The minimum atomic E-state index is -1.04. The minimum Gasteiger partial charge on any atom is -0.273 e. The highest BCUT2D eigenvalue weighted by Gasteiger charge is 2.52. The van der Waals surface area contributed by atoms with E-state index in [9.17, 15) is 14.4 Å². The lowest BCUT2D eigenvalue weighted by Crippen LogP contribution is -2.40. The molecule has 5 nitrogen and oxygen atoms in total. The van der Waals surface area contributed by atoms with Crippen LogP contribution in [0.2, 0.25) is 0 Å². The Labute approximate surface area is 82.4 Å². The van der Waals surface area contributed by atoms with Gasteiger partial charge in [-0.15, -0.1) is 0 Å². The number of nitrogens with zero attached hydrogens (tertiary/aromatic N) is 1. The number of hydrogen-bond acceptors (Lipinski definition) is 3. The van der Waals surface area contributed by atoms with E-state index in [2.05, 4.69) is 5.43 Å². The van der Waals surface area contributed by atoms with Crippen LogP contribution in [0.1, 0.15) is 33.6 Å². The van der Waals surface area contributed by atoms with E-state index < -0.39 is 17.2 Å². The van der Waals surface area contributed by atoms with Crippen LogP contribution in [0.5, 0.6) is 0 Å². The topological polar surface area (TPSA) is 66.5 Å². The lowest BCUT2D eigenvalue weighted by molar-refractivity contribution is -0.147. The van der Waals surface area contributed by atoms with Crippen molar-refractivity contribution in [3.8, 4) is 0 Å². The predicted molar refractivity (Wildman–Crippen MR) is 48.7 cm³/mol. The Morgan fingerprint density at radius 3 is 2.07 bits per heavy atom. The summed E-state index contributed by atoms with van der Waals surface area (Å²) in [5.74, 6) is -1.25. The monoisotopic (exact) mass is 198 g/mol. The zero-order valence-electron chi connectivity index (χ0n) is 8.59. The molecular weight excluding hydrogens is 184 g/mol. The molecule has 1 N–H and O–H groups in total. The summed E-state index contributed by atoms with van der Waals surface area (Å²) in [7, 11) is 0. The highest BCUT2D eigenvalue weighted by atomic mass is 16.2. The smallest absolute Gasteiger partial charge is 0.263 e. The normalized spacial score (nSPS) is 19.8. The Hall–Kier alpha value is -1.39. The molecule has 0 bridgehead atoms. The largest absolute Gasteiger partial charge is 0.273 e. The van der Waals surface area contributed by atoms with Gasteiger partial charge in [0.05, 0.1) is 0 Å². The molecule has 1 fully saturated rings. The van der Waals surface area contributed by atoms with Crippen molar-refractivity contribution in [2.75, 3.05) is 0 Å². The third-order valence-corrected chi connectivity index (χ3v) is 2.78. The van der Waals surface area contributed by atoms with Crippen LogP contribution in [-0.2, 0) is 14.4 Å². The third kappa shape index (κ3) is 1.20. The standard InChI is InChI=1S/C9H14N2O3/c1-4-9(5-2)7(13)10-11(6(3)12)8(9)14/h4-5H2,1-3H3,(H,10,13). The SMILES string of the molecule is CCC1(CC)C(=O)NN(C(C)=O)C1=O. The Balaban J connectivity index is 3.06. The van der Waals surface area contributed by atoms with Gasteiger partial charge in [0.1, 0.15) is 5.41 Å². The molecule has 0 aromatic rings. The van der Waals surface area contributed by atoms with Gasteiger partial charge in [-0.2, -0.15) is 5.01 Å². The van der Waals surface area contributed by atoms with E-state index in [4.69, 9.17) is 0 Å². The number of rotatable bonds is 2. The zero-order valence-corrected chi connectivity index (χ0v) is 8.59. The summed E-state index contributed by atoms with van der Waals surface area (Å²) in [5.41, 5.74) is 1.26. The maximum atomic E-state index is 11.8. The van der Waals surface area contributed by atoms with E-state index in [1.165, 1.54) is 6.92 Å². The van der Waals surface area contributed by atoms with E-state index in [0.717, 1.165) is 5.01 Å². The first-order chi connectivity index (χ1) is 6.49. The van der Waals surface area contributed by atoms with Gasteiger partial charge in [-0.1, -0.05) is 13.8 Å². The maximum Gasteiger partial charge on any atom is 0.263 e. The summed E-state index contributed by atoms with van der Waals surface area (Å²) >= 11 is 0. The Morgan fingerprint density at radius 1 is 1.36 bits per heavy atom. The van der Waals surface area contributed by atoms with Crippen molar-refractivity contribution in [2.24, 2.45) is 5.41 Å². The molecule has 3 amide bonds. The van der Waals surface area contributed by atoms with Crippen LogP contribution in [0.4, 0.5) is 0 Å². The lowest BCUT2D eigenvalue weighted by atomic mass is 9.82. The first-order valence-electron chi connectivity index (χ1n) is 4.65. The fraction of sp³-hybridized carbons (Fsp3) is 0.667. The molecule has 1 aliphatic rings. The van der Waals surface area contributed by atoms with Crippen LogP contribution in [0.15, 0.2) is 0 Å². The average molecular weight is 198 g/mol. The molecule has 0 aliphatic carbocycles. The molecule has 0 aromatic heterocycles. The van der Waals surface area contributed by atoms with E-state index in [1.54, 1.807) is 13.8 Å². The van der Waals surface area contributed by atoms with Crippen molar-refractivity contribution >= 4 is 17.7 Å². The minimum absolute atomic E-state index is 0.372. The van der Waals surface area contributed by atoms with Crippen molar-refractivity contribution < 1.29 is 14.4 Å². The van der Waals surface area contributed by atoms with Crippen LogP contribution < -0.4 is 5.43 Å². The van der Waals surface area contributed by atoms with Gasteiger partial charge in [-0.3, -0.25) is 19.8 Å². The molecule has 0 aromatic carbocycles. The summed E-state index contributed by atoms with van der Waals surface area (Å²) in [6.07, 6.45) is 0.829. The summed E-state index contributed by atoms with van der Waals surface area (Å²) < 4.78 is 0. The Kier molecular flexibility index (Phi) is 2.59. The van der Waals surface area contributed by atoms with Crippen molar-refractivity contribution in [1.29, 1.82) is 0 Å². The van der Waals surface area contributed by atoms with E-state index in [0.29, 0.717) is 12.8 Å². The average Bonchev–Trinajstić information content (AvgIpc) is 2.40. The summed E-state index contributed by atoms with van der Waals surface area (Å²) in [5, 5.41) is 0.801. The maximum absolute atomic E-state index is 11.8. The summed E-state index contributed by atoms with van der Waals surface area (Å²) in [6.45, 7) is 4.79.